The van der Waals surface area contributed by atoms with Gasteiger partial charge in [-0.3, -0.25) is 9.69 Å². The Bertz CT molecular complexity index is 845. The summed E-state index contributed by atoms with van der Waals surface area (Å²) in [5.74, 6) is 0.656. The first-order valence-corrected chi connectivity index (χ1v) is 9.47. The molecule has 0 bridgehead atoms. The van der Waals surface area contributed by atoms with Crippen LogP contribution in [0.2, 0.25) is 0 Å². The molecule has 6 heteroatoms. The number of benzene rings is 2. The van der Waals surface area contributed by atoms with Gasteiger partial charge in [-0.15, -0.1) is 0 Å². The van der Waals surface area contributed by atoms with Gasteiger partial charge in [-0.05, 0) is 48.0 Å². The lowest BCUT2D eigenvalue weighted by Crippen LogP contribution is -2.27. The molecule has 1 aliphatic heterocycles. The fourth-order valence-electron chi connectivity index (χ4n) is 2.25. The van der Waals surface area contributed by atoms with E-state index in [1.807, 2.05) is 54.6 Å². The number of thiocarbonyl (C=S) groups is 1. The number of halogens is 1. The Labute approximate surface area is 164 Å². The number of amides is 1. The smallest absolute Gasteiger partial charge is 0.270 e. The van der Waals surface area contributed by atoms with E-state index in [1.165, 1.54) is 11.8 Å². The Morgan fingerprint density at radius 2 is 1.84 bits per heavy atom. The average Bonchev–Trinajstić information content (AvgIpc) is 2.89. The van der Waals surface area contributed by atoms with Crippen LogP contribution in [-0.4, -0.2) is 16.8 Å². The highest BCUT2D eigenvalue weighted by Crippen LogP contribution is 2.36. The third-order valence-corrected chi connectivity index (χ3v) is 5.26. The number of ether oxygens (including phenoxy) is 1. The standard InChI is InChI=1S/C19H14BrNO2S2/c1-2-11-23-16-9-3-13(4-10-16)12-17-18(22)21(19(24)25-17)15-7-5-14(20)6-8-15/h2-10,12H,1,11H2/b17-12-. The molecule has 1 fully saturated rings. The van der Waals surface area contributed by atoms with E-state index in [-0.39, 0.29) is 5.91 Å². The van der Waals surface area contributed by atoms with Crippen LogP contribution in [0.15, 0.2) is 70.6 Å². The summed E-state index contributed by atoms with van der Waals surface area (Å²) in [5, 5.41) is 0. The van der Waals surface area contributed by atoms with Gasteiger partial charge in [0.05, 0.1) is 10.6 Å². The minimum absolute atomic E-state index is 0.107. The number of rotatable bonds is 5. The molecule has 0 unspecified atom stereocenters. The number of nitrogens with zero attached hydrogens (tertiary/aromatic N) is 1. The predicted octanol–water partition coefficient (Wildman–Crippen LogP) is 5.42. The molecule has 0 atom stereocenters. The van der Waals surface area contributed by atoms with Crippen LogP contribution in [0.1, 0.15) is 5.56 Å². The summed E-state index contributed by atoms with van der Waals surface area (Å²) in [4.78, 5) is 14.9. The van der Waals surface area contributed by atoms with E-state index in [0.29, 0.717) is 15.8 Å². The van der Waals surface area contributed by atoms with Crippen molar-refractivity contribution < 1.29 is 9.53 Å². The highest BCUT2D eigenvalue weighted by molar-refractivity contribution is 9.10. The van der Waals surface area contributed by atoms with E-state index < -0.39 is 0 Å². The van der Waals surface area contributed by atoms with Crippen LogP contribution < -0.4 is 9.64 Å². The van der Waals surface area contributed by atoms with Gasteiger partial charge in [0.25, 0.3) is 5.91 Å². The van der Waals surface area contributed by atoms with Gasteiger partial charge in [-0.1, -0.05) is 64.7 Å². The molecule has 3 rings (SSSR count). The lowest BCUT2D eigenvalue weighted by atomic mass is 10.2. The molecule has 1 saturated heterocycles. The molecule has 0 radical (unpaired) electrons. The Morgan fingerprint density at radius 3 is 2.48 bits per heavy atom. The van der Waals surface area contributed by atoms with Gasteiger partial charge >= 0.3 is 0 Å². The van der Waals surface area contributed by atoms with Gasteiger partial charge in [0.2, 0.25) is 0 Å². The largest absolute Gasteiger partial charge is 0.490 e. The molecule has 2 aromatic rings. The molecular weight excluding hydrogens is 418 g/mol. The molecule has 0 aromatic heterocycles. The maximum Gasteiger partial charge on any atom is 0.270 e. The number of anilines is 1. The summed E-state index contributed by atoms with van der Waals surface area (Å²) in [7, 11) is 0. The summed E-state index contributed by atoms with van der Waals surface area (Å²) in [6.45, 7) is 4.08. The minimum atomic E-state index is -0.107. The van der Waals surface area contributed by atoms with Gasteiger partial charge in [-0.25, -0.2) is 0 Å². The van der Waals surface area contributed by atoms with Crippen molar-refractivity contribution in [2.45, 2.75) is 0 Å². The Morgan fingerprint density at radius 1 is 1.16 bits per heavy atom. The number of carbonyl (C=O) groups excluding carboxylic acids is 1. The molecule has 1 heterocycles. The van der Waals surface area contributed by atoms with Crippen LogP contribution in [-0.2, 0) is 4.79 Å². The second kappa shape index (κ2) is 7.99. The van der Waals surface area contributed by atoms with Crippen molar-refractivity contribution >= 4 is 61.9 Å². The van der Waals surface area contributed by atoms with Crippen molar-refractivity contribution in [1.29, 1.82) is 0 Å². The second-order valence-electron chi connectivity index (χ2n) is 5.16. The second-order valence-corrected chi connectivity index (χ2v) is 7.75. The number of thioether (sulfide) groups is 1. The highest BCUT2D eigenvalue weighted by atomic mass is 79.9. The topological polar surface area (TPSA) is 29.5 Å². The van der Waals surface area contributed by atoms with Crippen LogP contribution >= 0.6 is 39.9 Å². The Kier molecular flexibility index (Phi) is 5.73. The van der Waals surface area contributed by atoms with Crippen LogP contribution in [0.4, 0.5) is 5.69 Å². The summed E-state index contributed by atoms with van der Waals surface area (Å²) in [5.41, 5.74) is 1.68. The third-order valence-electron chi connectivity index (χ3n) is 3.42. The van der Waals surface area contributed by atoms with Crippen LogP contribution in [0.25, 0.3) is 6.08 Å². The highest BCUT2D eigenvalue weighted by Gasteiger charge is 2.33. The van der Waals surface area contributed by atoms with Crippen molar-refractivity contribution in [3.63, 3.8) is 0 Å². The maximum absolute atomic E-state index is 12.7. The van der Waals surface area contributed by atoms with Gasteiger partial charge in [0, 0.05) is 4.47 Å². The lowest BCUT2D eigenvalue weighted by Gasteiger charge is -2.14. The van der Waals surface area contributed by atoms with Crippen molar-refractivity contribution in [3.05, 3.63) is 76.1 Å². The monoisotopic (exact) mass is 431 g/mol. The molecular formula is C19H14BrNO2S2. The normalized spacial score (nSPS) is 15.7. The number of carbonyl (C=O) groups is 1. The first kappa shape index (κ1) is 17.9. The average molecular weight is 432 g/mol. The quantitative estimate of drug-likeness (QED) is 0.359. The SMILES string of the molecule is C=CCOc1ccc(/C=C2\SC(=S)N(c3ccc(Br)cc3)C2=O)cc1. The molecule has 0 saturated carbocycles. The van der Waals surface area contributed by atoms with Crippen LogP contribution in [0, 0.1) is 0 Å². The number of hydrogen-bond donors (Lipinski definition) is 0. The Balaban J connectivity index is 1.80. The van der Waals surface area contributed by atoms with Crippen molar-refractivity contribution in [1.82, 2.24) is 0 Å². The van der Waals surface area contributed by atoms with Gasteiger partial charge < -0.3 is 4.74 Å². The first-order valence-electron chi connectivity index (χ1n) is 7.46. The van der Waals surface area contributed by atoms with E-state index in [0.717, 1.165) is 21.5 Å². The fraction of sp³-hybridized carbons (Fsp3) is 0.0526. The molecule has 0 spiro atoms. The van der Waals surface area contributed by atoms with Crippen molar-refractivity contribution in [3.8, 4) is 5.75 Å². The molecule has 0 N–H and O–H groups in total. The molecule has 25 heavy (non-hydrogen) atoms. The summed E-state index contributed by atoms with van der Waals surface area (Å²) < 4.78 is 6.95. The maximum atomic E-state index is 12.7. The molecule has 1 amide bonds. The first-order chi connectivity index (χ1) is 12.1. The fourth-order valence-corrected chi connectivity index (χ4v) is 3.81. The zero-order chi connectivity index (χ0) is 17.8. The van der Waals surface area contributed by atoms with Gasteiger partial charge in [-0.2, -0.15) is 0 Å². The third kappa shape index (κ3) is 4.21. The summed E-state index contributed by atoms with van der Waals surface area (Å²) in [6.07, 6.45) is 3.54. The predicted molar refractivity (Wildman–Crippen MR) is 112 cm³/mol. The van der Waals surface area contributed by atoms with Gasteiger partial charge in [0.1, 0.15) is 12.4 Å². The zero-order valence-electron chi connectivity index (χ0n) is 13.1. The lowest BCUT2D eigenvalue weighted by molar-refractivity contribution is -0.113. The number of hydrogen-bond acceptors (Lipinski definition) is 4. The summed E-state index contributed by atoms with van der Waals surface area (Å²) >= 11 is 10.1. The minimum Gasteiger partial charge on any atom is -0.490 e. The van der Waals surface area contributed by atoms with E-state index in [1.54, 1.807) is 11.0 Å². The molecule has 0 aliphatic carbocycles. The molecule has 1 aliphatic rings. The van der Waals surface area contributed by atoms with Crippen LogP contribution in [0.3, 0.4) is 0 Å². The van der Waals surface area contributed by atoms with E-state index in [4.69, 9.17) is 17.0 Å². The van der Waals surface area contributed by atoms with E-state index >= 15 is 0 Å². The summed E-state index contributed by atoms with van der Waals surface area (Å²) in [6, 6.07) is 15.1. The van der Waals surface area contributed by atoms with Crippen molar-refractivity contribution in [2.75, 3.05) is 11.5 Å². The molecule has 126 valence electrons. The zero-order valence-corrected chi connectivity index (χ0v) is 16.4. The van der Waals surface area contributed by atoms with Crippen LogP contribution in [0.5, 0.6) is 5.75 Å². The van der Waals surface area contributed by atoms with Crippen molar-refractivity contribution in [2.24, 2.45) is 0 Å². The van der Waals surface area contributed by atoms with E-state index in [9.17, 15) is 4.79 Å². The molecule has 3 nitrogen and oxygen atoms in total. The molecule has 2 aromatic carbocycles. The van der Waals surface area contributed by atoms with Gasteiger partial charge in [0.15, 0.2) is 4.32 Å². The van der Waals surface area contributed by atoms with E-state index in [2.05, 4.69) is 22.5 Å². The Hall–Kier alpha value is -1.89.